The van der Waals surface area contributed by atoms with Crippen molar-refractivity contribution in [2.45, 2.75) is 25.7 Å². The monoisotopic (exact) mass is 532 g/mol. The largest absolute Gasteiger partial charge is 0.369 e. The van der Waals surface area contributed by atoms with E-state index in [-0.39, 0.29) is 5.91 Å². The number of imidazole rings is 1. The lowest BCUT2D eigenvalue weighted by molar-refractivity contribution is 0.102. The van der Waals surface area contributed by atoms with Crippen molar-refractivity contribution in [3.8, 4) is 0 Å². The van der Waals surface area contributed by atoms with Crippen molar-refractivity contribution < 1.29 is 4.79 Å². The Balaban J connectivity index is 1.17. The Morgan fingerprint density at radius 2 is 1.77 bits per heavy atom. The highest BCUT2D eigenvalue weighted by molar-refractivity contribution is 6.09. The Labute approximate surface area is 232 Å². The minimum atomic E-state index is -0.170. The van der Waals surface area contributed by atoms with E-state index in [1.807, 2.05) is 67.7 Å². The maximum atomic E-state index is 13.4. The van der Waals surface area contributed by atoms with Crippen molar-refractivity contribution in [3.63, 3.8) is 0 Å². The zero-order chi connectivity index (χ0) is 27.2. The lowest BCUT2D eigenvalue weighted by Crippen LogP contribution is -2.44. The number of aromatic amines is 1. The van der Waals surface area contributed by atoms with Crippen LogP contribution in [0.4, 0.5) is 23.0 Å². The third kappa shape index (κ3) is 4.84. The number of nitrogens with one attached hydrogen (secondary N) is 3. The van der Waals surface area contributed by atoms with Gasteiger partial charge in [0, 0.05) is 60.6 Å². The van der Waals surface area contributed by atoms with Gasteiger partial charge in [-0.3, -0.25) is 4.79 Å². The number of carbonyl (C=O) groups is 1. The van der Waals surface area contributed by atoms with E-state index in [0.717, 1.165) is 83.7 Å². The lowest BCUT2D eigenvalue weighted by atomic mass is 10.1. The molecule has 5 aromatic rings. The van der Waals surface area contributed by atoms with Gasteiger partial charge in [0.05, 0.1) is 16.7 Å². The summed E-state index contributed by atoms with van der Waals surface area (Å²) in [5.74, 6) is 1.76. The SMILES string of the molecule is Cc1cccc2cnc(Nc3cc(NC(=O)c4ccc(N5CCN(C)CC5)cc4)c4nc(C5CC5)[nH]c4c3)nc12. The normalized spacial score (nSPS) is 16.0. The number of amides is 1. The van der Waals surface area contributed by atoms with Crippen molar-refractivity contribution in [1.82, 2.24) is 24.8 Å². The van der Waals surface area contributed by atoms with Gasteiger partial charge >= 0.3 is 0 Å². The molecule has 2 aromatic heterocycles. The lowest BCUT2D eigenvalue weighted by Gasteiger charge is -2.34. The number of H-pyrrole nitrogens is 1. The van der Waals surface area contributed by atoms with Gasteiger partial charge in [-0.1, -0.05) is 18.2 Å². The number of aryl methyl sites for hydroxylation is 1. The third-order valence-corrected chi connectivity index (χ3v) is 7.88. The number of aromatic nitrogens is 4. The van der Waals surface area contributed by atoms with Crippen LogP contribution in [-0.4, -0.2) is 64.0 Å². The number of para-hydroxylation sites is 1. The zero-order valence-corrected chi connectivity index (χ0v) is 22.7. The van der Waals surface area contributed by atoms with Gasteiger partial charge in [-0.05, 0) is 68.8 Å². The van der Waals surface area contributed by atoms with Gasteiger partial charge < -0.3 is 25.4 Å². The minimum Gasteiger partial charge on any atom is -0.369 e. The summed E-state index contributed by atoms with van der Waals surface area (Å²) in [5.41, 5.74) is 6.79. The van der Waals surface area contributed by atoms with Gasteiger partial charge in [0.25, 0.3) is 5.91 Å². The number of fused-ring (bicyclic) bond motifs is 2. The highest BCUT2D eigenvalue weighted by atomic mass is 16.1. The second kappa shape index (κ2) is 9.91. The highest BCUT2D eigenvalue weighted by Gasteiger charge is 2.27. The van der Waals surface area contributed by atoms with E-state index in [1.165, 1.54) is 0 Å². The standard InChI is InChI=1S/C31H32N8O/c1-19-4-3-5-22-18-32-31(37-27(19)22)33-23-16-25-28(36-29(34-25)20-6-7-20)26(17-23)35-30(40)21-8-10-24(11-9-21)39-14-12-38(2)13-15-39/h3-5,8-11,16-18,20H,6-7,12-15H2,1-2H3,(H,34,36)(H,35,40)(H,32,33,37). The summed E-state index contributed by atoms with van der Waals surface area (Å²) in [5, 5.41) is 7.46. The van der Waals surface area contributed by atoms with E-state index in [4.69, 9.17) is 9.97 Å². The molecule has 1 amide bonds. The summed E-state index contributed by atoms with van der Waals surface area (Å²) in [7, 11) is 2.15. The van der Waals surface area contributed by atoms with Crippen LogP contribution in [0.5, 0.6) is 0 Å². The molecular weight excluding hydrogens is 500 g/mol. The molecule has 0 radical (unpaired) electrons. The third-order valence-electron chi connectivity index (χ3n) is 7.88. The molecule has 40 heavy (non-hydrogen) atoms. The topological polar surface area (TPSA) is 102 Å². The molecule has 1 aliphatic heterocycles. The first kappa shape index (κ1) is 24.5. The fourth-order valence-electron chi connectivity index (χ4n) is 5.33. The number of rotatable bonds is 6. The summed E-state index contributed by atoms with van der Waals surface area (Å²) in [4.78, 5) is 35.7. The molecule has 2 aliphatic rings. The van der Waals surface area contributed by atoms with E-state index >= 15 is 0 Å². The van der Waals surface area contributed by atoms with Gasteiger partial charge in [0.15, 0.2) is 0 Å². The van der Waals surface area contributed by atoms with E-state index in [0.29, 0.717) is 23.1 Å². The van der Waals surface area contributed by atoms with Gasteiger partial charge in [0.1, 0.15) is 11.3 Å². The Hall–Kier alpha value is -4.50. The molecule has 1 saturated carbocycles. The molecule has 9 nitrogen and oxygen atoms in total. The second-order valence-electron chi connectivity index (χ2n) is 10.9. The van der Waals surface area contributed by atoms with Gasteiger partial charge in [0.2, 0.25) is 5.95 Å². The molecular formula is C31H32N8O. The smallest absolute Gasteiger partial charge is 0.255 e. The van der Waals surface area contributed by atoms with Crippen LogP contribution in [0.3, 0.4) is 0 Å². The molecule has 202 valence electrons. The number of anilines is 4. The number of hydrogen-bond acceptors (Lipinski definition) is 7. The Bertz CT molecular complexity index is 1720. The molecule has 7 rings (SSSR count). The molecule has 0 spiro atoms. The predicted molar refractivity (Wildman–Crippen MR) is 160 cm³/mol. The van der Waals surface area contributed by atoms with Crippen LogP contribution in [0.15, 0.2) is 60.8 Å². The summed E-state index contributed by atoms with van der Waals surface area (Å²) >= 11 is 0. The van der Waals surface area contributed by atoms with Crippen molar-refractivity contribution in [2.24, 2.45) is 0 Å². The average molecular weight is 533 g/mol. The second-order valence-corrected chi connectivity index (χ2v) is 10.9. The predicted octanol–water partition coefficient (Wildman–Crippen LogP) is 5.44. The molecule has 9 heteroatoms. The van der Waals surface area contributed by atoms with Crippen LogP contribution in [0.2, 0.25) is 0 Å². The van der Waals surface area contributed by atoms with Gasteiger partial charge in [-0.25, -0.2) is 15.0 Å². The van der Waals surface area contributed by atoms with Crippen LogP contribution in [0, 0.1) is 6.92 Å². The first-order valence-electron chi connectivity index (χ1n) is 13.9. The maximum Gasteiger partial charge on any atom is 0.255 e. The van der Waals surface area contributed by atoms with Crippen molar-refractivity contribution in [2.75, 3.05) is 48.8 Å². The van der Waals surface area contributed by atoms with E-state index in [1.54, 1.807) is 0 Å². The van der Waals surface area contributed by atoms with Gasteiger partial charge in [-0.15, -0.1) is 0 Å². The van der Waals surface area contributed by atoms with Crippen molar-refractivity contribution in [1.29, 1.82) is 0 Å². The first-order valence-corrected chi connectivity index (χ1v) is 13.9. The average Bonchev–Trinajstić information content (AvgIpc) is 3.73. The molecule has 1 aliphatic carbocycles. The Kier molecular flexibility index (Phi) is 6.08. The number of carbonyl (C=O) groups excluding carboxylic acids is 1. The fraction of sp³-hybridized carbons (Fsp3) is 0.290. The van der Waals surface area contributed by atoms with Crippen molar-refractivity contribution >= 4 is 50.9 Å². The number of nitrogens with zero attached hydrogens (tertiary/aromatic N) is 5. The summed E-state index contributed by atoms with van der Waals surface area (Å²) in [6.07, 6.45) is 4.10. The number of likely N-dealkylation sites (N-methyl/N-ethyl adjacent to an activating group) is 1. The van der Waals surface area contributed by atoms with Crippen LogP contribution < -0.4 is 15.5 Å². The van der Waals surface area contributed by atoms with Crippen LogP contribution in [0.1, 0.15) is 40.5 Å². The molecule has 2 fully saturated rings. The van der Waals surface area contributed by atoms with E-state index < -0.39 is 0 Å². The maximum absolute atomic E-state index is 13.4. The number of hydrogen-bond donors (Lipinski definition) is 3. The molecule has 3 heterocycles. The van der Waals surface area contributed by atoms with Crippen LogP contribution >= 0.6 is 0 Å². The first-order chi connectivity index (χ1) is 19.5. The molecule has 0 bridgehead atoms. The van der Waals surface area contributed by atoms with Gasteiger partial charge in [-0.2, -0.15) is 0 Å². The molecule has 0 unspecified atom stereocenters. The molecule has 0 atom stereocenters. The molecule has 3 aromatic carbocycles. The molecule has 3 N–H and O–H groups in total. The highest BCUT2D eigenvalue weighted by Crippen LogP contribution is 2.40. The number of benzene rings is 3. The quantitative estimate of drug-likeness (QED) is 0.268. The summed E-state index contributed by atoms with van der Waals surface area (Å²) in [6.45, 7) is 6.10. The minimum absolute atomic E-state index is 0.170. The Morgan fingerprint density at radius 1 is 0.975 bits per heavy atom. The molecule has 1 saturated heterocycles. The van der Waals surface area contributed by atoms with Crippen LogP contribution in [-0.2, 0) is 0 Å². The van der Waals surface area contributed by atoms with Crippen LogP contribution in [0.25, 0.3) is 21.9 Å². The fourth-order valence-corrected chi connectivity index (χ4v) is 5.33. The van der Waals surface area contributed by atoms with E-state index in [9.17, 15) is 4.79 Å². The summed E-state index contributed by atoms with van der Waals surface area (Å²) in [6, 6.07) is 17.8. The Morgan fingerprint density at radius 3 is 2.55 bits per heavy atom. The zero-order valence-electron chi connectivity index (χ0n) is 22.7. The van der Waals surface area contributed by atoms with E-state index in [2.05, 4.69) is 37.4 Å². The summed E-state index contributed by atoms with van der Waals surface area (Å²) < 4.78 is 0. The van der Waals surface area contributed by atoms with Crippen molar-refractivity contribution in [3.05, 3.63) is 77.7 Å². The number of piperazine rings is 1.